The van der Waals surface area contributed by atoms with E-state index in [4.69, 9.17) is 4.52 Å². The number of fused-ring (bicyclic) bond motifs is 1. The van der Waals surface area contributed by atoms with Crippen LogP contribution in [0.3, 0.4) is 0 Å². The highest BCUT2D eigenvalue weighted by Crippen LogP contribution is 2.35. The lowest BCUT2D eigenvalue weighted by molar-refractivity contribution is -0.135. The third kappa shape index (κ3) is 3.15. The maximum absolute atomic E-state index is 13.4. The van der Waals surface area contributed by atoms with Gasteiger partial charge in [0.25, 0.3) is 0 Å². The first-order chi connectivity index (χ1) is 12.7. The quantitative estimate of drug-likeness (QED) is 0.881. The number of carbonyl (C=O) groups excluding carboxylic acids is 1. The van der Waals surface area contributed by atoms with Crippen LogP contribution in [-0.4, -0.2) is 59.1 Å². The Morgan fingerprint density at radius 3 is 2.42 bits per heavy atom. The first-order valence-corrected chi connectivity index (χ1v) is 9.43. The van der Waals surface area contributed by atoms with Gasteiger partial charge in [0, 0.05) is 45.1 Å². The van der Waals surface area contributed by atoms with Crippen molar-refractivity contribution in [3.8, 4) is 0 Å². The number of piperazine rings is 1. The van der Waals surface area contributed by atoms with E-state index in [-0.39, 0.29) is 5.91 Å². The van der Waals surface area contributed by atoms with Gasteiger partial charge in [-0.1, -0.05) is 36.3 Å². The minimum absolute atomic E-state index is 0.0987. The molecule has 26 heavy (non-hydrogen) atoms. The van der Waals surface area contributed by atoms with E-state index in [1.807, 2.05) is 0 Å². The second-order valence-corrected chi connectivity index (χ2v) is 7.25. The van der Waals surface area contributed by atoms with Gasteiger partial charge in [0.05, 0.1) is 6.54 Å². The topological polar surface area (TPSA) is 61.6 Å². The third-order valence-electron chi connectivity index (χ3n) is 5.85. The van der Waals surface area contributed by atoms with Crippen LogP contribution in [0, 0.1) is 0 Å². The Hall–Kier alpha value is -2.18. The Bertz CT molecular complexity index is 726. The Labute approximate surface area is 154 Å². The molecule has 0 bridgehead atoms. The van der Waals surface area contributed by atoms with Crippen molar-refractivity contribution in [1.29, 1.82) is 0 Å². The van der Waals surface area contributed by atoms with Crippen molar-refractivity contribution in [3.05, 3.63) is 53.4 Å². The summed E-state index contributed by atoms with van der Waals surface area (Å²) in [4.78, 5) is 18.2. The molecule has 2 aliphatic rings. The van der Waals surface area contributed by atoms with Gasteiger partial charge in [-0.2, -0.15) is 0 Å². The molecule has 138 valence electrons. The number of rotatable bonds is 5. The maximum Gasteiger partial charge on any atom is 0.241 e. The molecule has 4 rings (SSSR count). The predicted octanol–water partition coefficient (Wildman–Crippen LogP) is 1.47. The van der Waals surface area contributed by atoms with Crippen LogP contribution in [0.1, 0.15) is 23.7 Å². The summed E-state index contributed by atoms with van der Waals surface area (Å²) in [6.45, 7) is 7.57. The molecule has 0 saturated carbocycles. The zero-order chi connectivity index (χ0) is 18.0. The molecule has 6 heteroatoms. The fraction of sp³-hybridized carbons (Fsp3) is 0.500. The first kappa shape index (κ1) is 17.2. The van der Waals surface area contributed by atoms with Crippen LogP contribution < -0.4 is 5.32 Å². The highest BCUT2D eigenvalue weighted by atomic mass is 16.5. The molecule has 0 spiro atoms. The van der Waals surface area contributed by atoms with Crippen molar-refractivity contribution < 1.29 is 9.32 Å². The van der Waals surface area contributed by atoms with Crippen LogP contribution in [-0.2, 0) is 24.2 Å². The summed E-state index contributed by atoms with van der Waals surface area (Å²) < 4.78 is 4.87. The molecule has 1 amide bonds. The lowest BCUT2D eigenvalue weighted by Gasteiger charge is -2.44. The smallest absolute Gasteiger partial charge is 0.241 e. The summed E-state index contributed by atoms with van der Waals surface area (Å²) in [7, 11) is 0. The molecular formula is C20H26N4O2. The van der Waals surface area contributed by atoms with Crippen molar-refractivity contribution >= 4 is 5.91 Å². The van der Waals surface area contributed by atoms with Crippen molar-refractivity contribution in [2.24, 2.45) is 0 Å². The average Bonchev–Trinajstić information content (AvgIpc) is 3.34. The van der Waals surface area contributed by atoms with Gasteiger partial charge < -0.3 is 14.7 Å². The number of aromatic nitrogens is 1. The maximum atomic E-state index is 13.4. The van der Waals surface area contributed by atoms with Crippen molar-refractivity contribution in [2.75, 3.05) is 32.7 Å². The number of nitrogens with zero attached hydrogens (tertiary/aromatic N) is 3. The van der Waals surface area contributed by atoms with E-state index in [1.165, 1.54) is 17.4 Å². The Balaban J connectivity index is 1.55. The number of hydrogen-bond acceptors (Lipinski definition) is 5. The standard InChI is InChI=1S/C20H26N4O2/c1-2-23-8-10-24(11-9-23)20(13-16-5-3-4-6-17(16)14-20)19(25)21-15-18-7-12-26-22-18/h3-7,12H,2,8-11,13-15H2,1H3,(H,21,25). The number of benzene rings is 1. The molecule has 1 N–H and O–H groups in total. The van der Waals surface area contributed by atoms with Crippen LogP contribution in [0.2, 0.25) is 0 Å². The van der Waals surface area contributed by atoms with E-state index >= 15 is 0 Å². The van der Waals surface area contributed by atoms with Crippen LogP contribution in [0.4, 0.5) is 0 Å². The van der Waals surface area contributed by atoms with E-state index in [1.54, 1.807) is 6.07 Å². The molecule has 1 aromatic carbocycles. The summed E-state index contributed by atoms with van der Waals surface area (Å²) in [5.74, 6) is 0.0987. The molecule has 1 aliphatic carbocycles. The third-order valence-corrected chi connectivity index (χ3v) is 5.85. The molecular weight excluding hydrogens is 328 g/mol. The second-order valence-electron chi connectivity index (χ2n) is 7.25. The van der Waals surface area contributed by atoms with Gasteiger partial charge in [0.15, 0.2) is 0 Å². The number of likely N-dealkylation sites (N-methyl/N-ethyl adjacent to an activating group) is 1. The predicted molar refractivity (Wildman–Crippen MR) is 98.6 cm³/mol. The van der Waals surface area contributed by atoms with Crippen molar-refractivity contribution in [3.63, 3.8) is 0 Å². The monoisotopic (exact) mass is 354 g/mol. The molecule has 1 aromatic heterocycles. The number of hydrogen-bond donors (Lipinski definition) is 1. The van der Waals surface area contributed by atoms with Crippen LogP contribution in [0.25, 0.3) is 0 Å². The molecule has 2 heterocycles. The highest BCUT2D eigenvalue weighted by Gasteiger charge is 2.48. The van der Waals surface area contributed by atoms with Gasteiger partial charge in [-0.3, -0.25) is 9.69 Å². The van der Waals surface area contributed by atoms with Crippen LogP contribution >= 0.6 is 0 Å². The summed E-state index contributed by atoms with van der Waals surface area (Å²) in [5.41, 5.74) is 2.84. The molecule has 0 radical (unpaired) electrons. The van der Waals surface area contributed by atoms with Gasteiger partial charge in [-0.15, -0.1) is 0 Å². The lowest BCUT2D eigenvalue weighted by Crippen LogP contribution is -2.64. The summed E-state index contributed by atoms with van der Waals surface area (Å²) in [6, 6.07) is 10.2. The largest absolute Gasteiger partial charge is 0.364 e. The molecule has 1 saturated heterocycles. The van der Waals surface area contributed by atoms with E-state index in [9.17, 15) is 4.79 Å². The Morgan fingerprint density at radius 2 is 1.85 bits per heavy atom. The minimum atomic E-state index is -0.493. The molecule has 1 aliphatic heterocycles. The number of carbonyl (C=O) groups is 1. The zero-order valence-electron chi connectivity index (χ0n) is 15.3. The van der Waals surface area contributed by atoms with Crippen LogP contribution in [0.15, 0.2) is 41.1 Å². The summed E-state index contributed by atoms with van der Waals surface area (Å²) >= 11 is 0. The molecule has 2 aromatic rings. The fourth-order valence-electron chi connectivity index (χ4n) is 4.28. The van der Waals surface area contributed by atoms with E-state index in [0.717, 1.165) is 51.3 Å². The zero-order valence-corrected chi connectivity index (χ0v) is 15.3. The molecule has 0 atom stereocenters. The van der Waals surface area contributed by atoms with Gasteiger partial charge in [0.1, 0.15) is 17.5 Å². The van der Waals surface area contributed by atoms with Gasteiger partial charge in [0.2, 0.25) is 5.91 Å². The Kier molecular flexibility index (Phi) is 4.78. The van der Waals surface area contributed by atoms with Crippen LogP contribution in [0.5, 0.6) is 0 Å². The van der Waals surface area contributed by atoms with E-state index in [2.05, 4.69) is 51.5 Å². The van der Waals surface area contributed by atoms with E-state index in [0.29, 0.717) is 6.54 Å². The minimum Gasteiger partial charge on any atom is -0.364 e. The molecule has 1 fully saturated rings. The van der Waals surface area contributed by atoms with Crippen molar-refractivity contribution in [2.45, 2.75) is 31.8 Å². The molecule has 0 unspecified atom stereocenters. The van der Waals surface area contributed by atoms with Gasteiger partial charge >= 0.3 is 0 Å². The van der Waals surface area contributed by atoms with Crippen molar-refractivity contribution in [1.82, 2.24) is 20.3 Å². The number of amides is 1. The lowest BCUT2D eigenvalue weighted by atomic mass is 9.90. The Morgan fingerprint density at radius 1 is 1.15 bits per heavy atom. The normalized spacial score (nSPS) is 20.0. The SMILES string of the molecule is CCN1CCN(C2(C(=O)NCc3ccon3)Cc3ccccc3C2)CC1. The van der Waals surface area contributed by atoms with Gasteiger partial charge in [-0.25, -0.2) is 0 Å². The van der Waals surface area contributed by atoms with E-state index < -0.39 is 5.54 Å². The molecule has 6 nitrogen and oxygen atoms in total. The number of nitrogens with one attached hydrogen (secondary N) is 1. The summed E-state index contributed by atoms with van der Waals surface area (Å²) in [5, 5.41) is 7.01. The second kappa shape index (κ2) is 7.21. The summed E-state index contributed by atoms with van der Waals surface area (Å²) in [6.07, 6.45) is 3.09. The first-order valence-electron chi connectivity index (χ1n) is 9.43. The highest BCUT2D eigenvalue weighted by molar-refractivity contribution is 5.88. The average molecular weight is 354 g/mol. The van der Waals surface area contributed by atoms with Gasteiger partial charge in [-0.05, 0) is 17.7 Å². The fourth-order valence-corrected chi connectivity index (χ4v) is 4.28.